The number of morpholine rings is 1. The van der Waals surface area contributed by atoms with Crippen molar-refractivity contribution in [2.75, 3.05) is 44.7 Å². The molecule has 2 N–H and O–H groups in total. The van der Waals surface area contributed by atoms with Crippen molar-refractivity contribution in [1.82, 2.24) is 24.8 Å². The van der Waals surface area contributed by atoms with Gasteiger partial charge >= 0.3 is 0 Å². The van der Waals surface area contributed by atoms with Crippen molar-refractivity contribution in [2.45, 2.75) is 29.3 Å². The summed E-state index contributed by atoms with van der Waals surface area (Å²) >= 11 is 3.08. The highest BCUT2D eigenvalue weighted by atomic mass is 32.2. The zero-order chi connectivity index (χ0) is 22.6. The molecular weight excluding hydrogens is 456 g/mol. The number of rotatable bonds is 9. The average molecular weight is 483 g/mol. The quantitative estimate of drug-likeness (QED) is 0.208. The van der Waals surface area contributed by atoms with Gasteiger partial charge in [-0.2, -0.15) is 0 Å². The lowest BCUT2D eigenvalue weighted by Gasteiger charge is -2.26. The van der Waals surface area contributed by atoms with Crippen molar-refractivity contribution in [3.05, 3.63) is 35.5 Å². The maximum atomic E-state index is 11.9. The van der Waals surface area contributed by atoms with Gasteiger partial charge in [0.2, 0.25) is 0 Å². The Kier molecular flexibility index (Phi) is 6.86. The molecule has 1 fully saturated rings. The van der Waals surface area contributed by atoms with Gasteiger partial charge in [0.25, 0.3) is 0 Å². The second kappa shape index (κ2) is 10.2. The van der Waals surface area contributed by atoms with Crippen molar-refractivity contribution in [3.63, 3.8) is 0 Å². The van der Waals surface area contributed by atoms with E-state index in [0.717, 1.165) is 84.2 Å². The third-order valence-electron chi connectivity index (χ3n) is 5.72. The van der Waals surface area contributed by atoms with E-state index in [1.54, 1.807) is 11.3 Å². The topological polar surface area (TPSA) is 96.0 Å². The summed E-state index contributed by atoms with van der Waals surface area (Å²) < 4.78 is 7.46. The third-order valence-corrected chi connectivity index (χ3v) is 7.69. The Balaban J connectivity index is 1.40. The summed E-state index contributed by atoms with van der Waals surface area (Å²) in [4.78, 5) is 31.9. The van der Waals surface area contributed by atoms with Crippen LogP contribution in [0.5, 0.6) is 0 Å². The highest BCUT2D eigenvalue weighted by Gasteiger charge is 2.19. The molecule has 4 aromatic rings. The van der Waals surface area contributed by atoms with E-state index >= 15 is 0 Å². The predicted octanol–water partition coefficient (Wildman–Crippen LogP) is 4.23. The number of para-hydroxylation sites is 1. The second-order valence-electron chi connectivity index (χ2n) is 7.85. The first-order valence-corrected chi connectivity index (χ1v) is 12.8. The number of benzene rings is 1. The number of fused-ring (bicyclic) bond motifs is 2. The number of carbonyl (C=O) groups excluding carboxylic acids is 1. The number of hydrogen-bond donors (Lipinski definition) is 2. The molecule has 1 saturated heterocycles. The van der Waals surface area contributed by atoms with E-state index in [1.807, 2.05) is 25.1 Å². The van der Waals surface area contributed by atoms with Crippen LogP contribution in [0.2, 0.25) is 0 Å². The summed E-state index contributed by atoms with van der Waals surface area (Å²) in [7, 11) is 0. The van der Waals surface area contributed by atoms with Crippen LogP contribution in [0.1, 0.15) is 29.4 Å². The van der Waals surface area contributed by atoms with E-state index in [2.05, 4.69) is 21.3 Å². The molecule has 0 amide bonds. The fraction of sp³-hybridized carbons (Fsp3) is 0.391. The molecule has 0 radical (unpaired) electrons. The number of aromatic nitrogens is 4. The lowest BCUT2D eigenvalue weighted by molar-refractivity contribution is 0.0378. The number of H-pyrrole nitrogens is 1. The SMILES string of the molecule is CCc1[nH]c2nc(Sc3nc4ccccc4s3)nc(NCCCN3CCOCC3)c2c1C=O. The van der Waals surface area contributed by atoms with Crippen molar-refractivity contribution in [3.8, 4) is 0 Å². The number of nitrogens with zero attached hydrogens (tertiary/aromatic N) is 4. The van der Waals surface area contributed by atoms with E-state index in [4.69, 9.17) is 19.7 Å². The maximum absolute atomic E-state index is 11.9. The smallest absolute Gasteiger partial charge is 0.198 e. The molecule has 10 heteroatoms. The van der Waals surface area contributed by atoms with Crippen molar-refractivity contribution >= 4 is 56.5 Å². The Labute approximate surface area is 200 Å². The molecule has 3 aromatic heterocycles. The molecule has 4 heterocycles. The minimum atomic E-state index is 0.610. The molecule has 8 nitrogen and oxygen atoms in total. The number of ether oxygens (including phenoxy) is 1. The van der Waals surface area contributed by atoms with Gasteiger partial charge in [-0.1, -0.05) is 19.1 Å². The van der Waals surface area contributed by atoms with Crippen LogP contribution in [0.3, 0.4) is 0 Å². The zero-order valence-electron chi connectivity index (χ0n) is 18.5. The number of thiazole rings is 1. The first kappa shape index (κ1) is 22.3. The number of carbonyl (C=O) groups is 1. The van der Waals surface area contributed by atoms with Gasteiger partial charge in [0.15, 0.2) is 15.8 Å². The first-order chi connectivity index (χ1) is 16.2. The third kappa shape index (κ3) is 4.89. The molecule has 1 aromatic carbocycles. The van der Waals surface area contributed by atoms with Crippen LogP contribution in [0.15, 0.2) is 33.8 Å². The lowest BCUT2D eigenvalue weighted by atomic mass is 10.1. The fourth-order valence-electron chi connectivity index (χ4n) is 4.04. The van der Waals surface area contributed by atoms with Gasteiger partial charge in [0, 0.05) is 30.9 Å². The maximum Gasteiger partial charge on any atom is 0.198 e. The summed E-state index contributed by atoms with van der Waals surface area (Å²) in [6.45, 7) is 7.36. The number of aryl methyl sites for hydroxylation is 1. The van der Waals surface area contributed by atoms with Gasteiger partial charge < -0.3 is 15.0 Å². The number of nitrogens with one attached hydrogen (secondary N) is 2. The van der Waals surface area contributed by atoms with E-state index in [1.165, 1.54) is 11.8 Å². The average Bonchev–Trinajstić information content (AvgIpc) is 3.42. The standard InChI is InChI=1S/C23H26N6O2S2/c1-2-16-15(14-30)19-20(24-8-5-9-29-10-12-31-13-11-29)27-22(28-21(19)25-16)33-23-26-17-6-3-4-7-18(17)32-23/h3-4,6-7,14H,2,5,8-13H2,1H3,(H2,24,25,27,28). The molecule has 1 aliphatic heterocycles. The molecule has 5 rings (SSSR count). The highest BCUT2D eigenvalue weighted by molar-refractivity contribution is 8.01. The summed E-state index contributed by atoms with van der Waals surface area (Å²) in [5.74, 6) is 0.698. The monoisotopic (exact) mass is 482 g/mol. The lowest BCUT2D eigenvalue weighted by Crippen LogP contribution is -2.37. The molecular formula is C23H26N6O2S2. The minimum Gasteiger partial charge on any atom is -0.379 e. The van der Waals surface area contributed by atoms with Gasteiger partial charge in [0.05, 0.1) is 28.8 Å². The number of aromatic amines is 1. The number of hydrogen-bond acceptors (Lipinski definition) is 9. The fourth-order valence-corrected chi connectivity index (χ4v) is 5.97. The highest BCUT2D eigenvalue weighted by Crippen LogP contribution is 2.35. The Morgan fingerprint density at radius 1 is 1.24 bits per heavy atom. The van der Waals surface area contributed by atoms with Crippen molar-refractivity contribution in [2.24, 2.45) is 0 Å². The molecule has 172 valence electrons. The summed E-state index contributed by atoms with van der Waals surface area (Å²) in [5, 5.41) is 4.85. The van der Waals surface area contributed by atoms with E-state index in [0.29, 0.717) is 22.2 Å². The zero-order valence-corrected chi connectivity index (χ0v) is 20.1. The summed E-state index contributed by atoms with van der Waals surface area (Å²) in [5.41, 5.74) is 3.18. The summed E-state index contributed by atoms with van der Waals surface area (Å²) in [6.07, 6.45) is 2.61. The summed E-state index contributed by atoms with van der Waals surface area (Å²) in [6, 6.07) is 8.08. The molecule has 0 spiro atoms. The van der Waals surface area contributed by atoms with Crippen LogP contribution < -0.4 is 5.32 Å². The van der Waals surface area contributed by atoms with Crippen LogP contribution in [-0.4, -0.2) is 70.5 Å². The molecule has 33 heavy (non-hydrogen) atoms. The molecule has 0 atom stereocenters. The molecule has 0 saturated carbocycles. The molecule has 1 aliphatic rings. The van der Waals surface area contributed by atoms with Gasteiger partial charge in [0.1, 0.15) is 11.5 Å². The second-order valence-corrected chi connectivity index (χ2v) is 10.1. The number of aldehydes is 1. The largest absolute Gasteiger partial charge is 0.379 e. The van der Waals surface area contributed by atoms with Crippen molar-refractivity contribution < 1.29 is 9.53 Å². The van der Waals surface area contributed by atoms with Gasteiger partial charge in [-0.05, 0) is 43.3 Å². The van der Waals surface area contributed by atoms with Gasteiger partial charge in [-0.15, -0.1) is 11.3 Å². The Morgan fingerprint density at radius 2 is 2.09 bits per heavy atom. The van der Waals surface area contributed by atoms with E-state index in [-0.39, 0.29) is 0 Å². The minimum absolute atomic E-state index is 0.610. The molecule has 0 unspecified atom stereocenters. The van der Waals surface area contributed by atoms with Crippen LogP contribution in [0.25, 0.3) is 21.3 Å². The predicted molar refractivity (Wildman–Crippen MR) is 133 cm³/mol. The normalized spacial score (nSPS) is 14.8. The van der Waals surface area contributed by atoms with Crippen LogP contribution in [-0.2, 0) is 11.2 Å². The Hall–Kier alpha value is -2.53. The van der Waals surface area contributed by atoms with E-state index < -0.39 is 0 Å². The number of anilines is 1. The van der Waals surface area contributed by atoms with E-state index in [9.17, 15) is 4.79 Å². The van der Waals surface area contributed by atoms with Crippen LogP contribution in [0, 0.1) is 0 Å². The van der Waals surface area contributed by atoms with Crippen LogP contribution >= 0.6 is 23.1 Å². The van der Waals surface area contributed by atoms with Crippen LogP contribution in [0.4, 0.5) is 5.82 Å². The molecule has 0 aliphatic carbocycles. The van der Waals surface area contributed by atoms with Gasteiger partial charge in [-0.3, -0.25) is 9.69 Å². The Bertz CT molecular complexity index is 1230. The molecule has 0 bridgehead atoms. The first-order valence-electron chi connectivity index (χ1n) is 11.2. The van der Waals surface area contributed by atoms with Gasteiger partial charge in [-0.25, -0.2) is 15.0 Å². The Morgan fingerprint density at radius 3 is 2.88 bits per heavy atom. The van der Waals surface area contributed by atoms with Crippen molar-refractivity contribution in [1.29, 1.82) is 0 Å².